The Balaban J connectivity index is 3.60. The maximum Gasteiger partial charge on any atom is 0.188 e. The third-order valence-corrected chi connectivity index (χ3v) is 0.782. The van der Waals surface area contributed by atoms with E-state index in [0.29, 0.717) is 5.70 Å². The van der Waals surface area contributed by atoms with Gasteiger partial charge in [0.25, 0.3) is 0 Å². The predicted octanol–water partition coefficient (Wildman–Crippen LogP) is 1.02. The largest absolute Gasteiger partial charge is 0.392 e. The standard InChI is InChI=1S/C5H10FN3O/c1-8-2-5(9-7)3-10-4-6/h2,7-8H,3-4H2,1H3/b5-2-,9-7?. The summed E-state index contributed by atoms with van der Waals surface area (Å²) in [5.41, 5.74) is 6.92. The number of nitrogens with one attached hydrogen (secondary N) is 2. The summed E-state index contributed by atoms with van der Waals surface area (Å²) >= 11 is 0. The smallest absolute Gasteiger partial charge is 0.188 e. The normalized spacial score (nSPS) is 11.2. The number of hydrogen-bond donors (Lipinski definition) is 2. The van der Waals surface area contributed by atoms with E-state index in [1.807, 2.05) is 0 Å². The molecule has 4 nitrogen and oxygen atoms in total. The molecule has 0 fully saturated rings. The van der Waals surface area contributed by atoms with Crippen LogP contribution < -0.4 is 5.32 Å². The maximum atomic E-state index is 11.4. The minimum absolute atomic E-state index is 0.0286. The molecule has 0 aliphatic rings. The molecular formula is C5H10FN3O. The zero-order chi connectivity index (χ0) is 7.82. The molecule has 10 heavy (non-hydrogen) atoms. The first-order valence-corrected chi connectivity index (χ1v) is 2.72. The summed E-state index contributed by atoms with van der Waals surface area (Å²) < 4.78 is 15.7. The molecule has 0 atom stereocenters. The first kappa shape index (κ1) is 9.03. The van der Waals surface area contributed by atoms with Crippen LogP contribution in [0.5, 0.6) is 0 Å². The van der Waals surface area contributed by atoms with E-state index >= 15 is 0 Å². The monoisotopic (exact) mass is 147 g/mol. The van der Waals surface area contributed by atoms with E-state index < -0.39 is 6.86 Å². The van der Waals surface area contributed by atoms with Gasteiger partial charge in [-0.25, -0.2) is 9.92 Å². The molecular weight excluding hydrogens is 137 g/mol. The number of nitrogens with zero attached hydrogens (tertiary/aromatic N) is 1. The lowest BCUT2D eigenvalue weighted by molar-refractivity contribution is 0.0724. The Labute approximate surface area is 58.6 Å². The number of rotatable bonds is 5. The van der Waals surface area contributed by atoms with Gasteiger partial charge in [-0.05, 0) is 0 Å². The highest BCUT2D eigenvalue weighted by molar-refractivity contribution is 4.96. The van der Waals surface area contributed by atoms with Crippen LogP contribution in [0.25, 0.3) is 0 Å². The van der Waals surface area contributed by atoms with Crippen LogP contribution in [-0.4, -0.2) is 20.5 Å². The summed E-state index contributed by atoms with van der Waals surface area (Å²) in [6.45, 7) is -0.822. The molecule has 0 aromatic carbocycles. The number of ether oxygens (including phenoxy) is 1. The van der Waals surface area contributed by atoms with Crippen molar-refractivity contribution in [1.82, 2.24) is 5.32 Å². The average Bonchev–Trinajstić information content (AvgIpc) is 1.98. The molecule has 2 N–H and O–H groups in total. The fourth-order valence-electron chi connectivity index (χ4n) is 0.416. The Morgan fingerprint density at radius 3 is 3.00 bits per heavy atom. The molecule has 0 rings (SSSR count). The summed E-state index contributed by atoms with van der Waals surface area (Å²) in [5.74, 6) is 0. The first-order valence-electron chi connectivity index (χ1n) is 2.72. The van der Waals surface area contributed by atoms with Crippen LogP contribution in [0.15, 0.2) is 17.0 Å². The fraction of sp³-hybridized carbons (Fsp3) is 0.600. The van der Waals surface area contributed by atoms with Crippen molar-refractivity contribution in [1.29, 1.82) is 5.53 Å². The zero-order valence-corrected chi connectivity index (χ0v) is 5.72. The molecule has 0 spiro atoms. The lowest BCUT2D eigenvalue weighted by atomic mass is 10.5. The van der Waals surface area contributed by atoms with Crippen molar-refractivity contribution < 1.29 is 9.13 Å². The highest BCUT2D eigenvalue weighted by Crippen LogP contribution is 1.94. The lowest BCUT2D eigenvalue weighted by Crippen LogP contribution is -2.00. The summed E-state index contributed by atoms with van der Waals surface area (Å²) in [7, 11) is 1.67. The quantitative estimate of drug-likeness (QED) is 0.570. The van der Waals surface area contributed by atoms with Gasteiger partial charge in [-0.15, -0.1) is 0 Å². The summed E-state index contributed by atoms with van der Waals surface area (Å²) in [6.07, 6.45) is 1.47. The van der Waals surface area contributed by atoms with Gasteiger partial charge in [0.1, 0.15) is 5.70 Å². The Bertz CT molecular complexity index is 126. The fourth-order valence-corrected chi connectivity index (χ4v) is 0.416. The number of alkyl halides is 1. The van der Waals surface area contributed by atoms with Crippen molar-refractivity contribution >= 4 is 0 Å². The van der Waals surface area contributed by atoms with E-state index in [1.54, 1.807) is 7.05 Å². The second-order valence-electron chi connectivity index (χ2n) is 1.49. The molecule has 0 saturated carbocycles. The van der Waals surface area contributed by atoms with E-state index in [0.717, 1.165) is 0 Å². The maximum absolute atomic E-state index is 11.4. The van der Waals surface area contributed by atoms with Gasteiger partial charge in [0.2, 0.25) is 0 Å². The molecule has 0 aliphatic heterocycles. The van der Waals surface area contributed by atoms with Crippen molar-refractivity contribution in [3.63, 3.8) is 0 Å². The summed E-state index contributed by atoms with van der Waals surface area (Å²) in [6, 6.07) is 0. The van der Waals surface area contributed by atoms with Gasteiger partial charge in [0.05, 0.1) is 6.61 Å². The van der Waals surface area contributed by atoms with Gasteiger partial charge in [-0.3, -0.25) is 0 Å². The molecule has 0 aromatic rings. The van der Waals surface area contributed by atoms with E-state index in [4.69, 9.17) is 5.53 Å². The molecule has 0 saturated heterocycles. The molecule has 0 aliphatic carbocycles. The lowest BCUT2D eigenvalue weighted by Gasteiger charge is -1.97. The van der Waals surface area contributed by atoms with Crippen LogP contribution in [0.2, 0.25) is 0 Å². The van der Waals surface area contributed by atoms with E-state index in [1.165, 1.54) is 6.20 Å². The highest BCUT2D eigenvalue weighted by Gasteiger charge is 1.92. The van der Waals surface area contributed by atoms with Crippen LogP contribution in [0.1, 0.15) is 0 Å². The number of hydrogen-bond acceptors (Lipinski definition) is 4. The van der Waals surface area contributed by atoms with Crippen molar-refractivity contribution in [3.05, 3.63) is 11.9 Å². The Morgan fingerprint density at radius 1 is 1.90 bits per heavy atom. The van der Waals surface area contributed by atoms with Crippen LogP contribution in [0.4, 0.5) is 4.39 Å². The van der Waals surface area contributed by atoms with Crippen molar-refractivity contribution in [2.45, 2.75) is 0 Å². The minimum atomic E-state index is -0.851. The van der Waals surface area contributed by atoms with Gasteiger partial charge in [-0.2, -0.15) is 5.11 Å². The van der Waals surface area contributed by atoms with Crippen molar-refractivity contribution in [3.8, 4) is 0 Å². The Kier molecular flexibility index (Phi) is 5.56. The number of halogens is 1. The molecule has 0 bridgehead atoms. The zero-order valence-electron chi connectivity index (χ0n) is 5.72. The average molecular weight is 147 g/mol. The minimum Gasteiger partial charge on any atom is -0.392 e. The third-order valence-electron chi connectivity index (χ3n) is 0.782. The van der Waals surface area contributed by atoms with Gasteiger partial charge >= 0.3 is 0 Å². The van der Waals surface area contributed by atoms with Crippen molar-refractivity contribution in [2.24, 2.45) is 5.11 Å². The van der Waals surface area contributed by atoms with Crippen LogP contribution >= 0.6 is 0 Å². The molecule has 0 amide bonds. The predicted molar refractivity (Wildman–Crippen MR) is 34.2 cm³/mol. The van der Waals surface area contributed by atoms with Crippen LogP contribution in [0, 0.1) is 5.53 Å². The Hall–Kier alpha value is -0.970. The van der Waals surface area contributed by atoms with Gasteiger partial charge in [0.15, 0.2) is 6.86 Å². The van der Waals surface area contributed by atoms with E-state index in [9.17, 15) is 4.39 Å². The molecule has 5 heteroatoms. The van der Waals surface area contributed by atoms with Crippen LogP contribution in [-0.2, 0) is 4.74 Å². The topological polar surface area (TPSA) is 57.5 Å². The third kappa shape index (κ3) is 3.96. The van der Waals surface area contributed by atoms with Gasteiger partial charge in [0, 0.05) is 13.2 Å². The van der Waals surface area contributed by atoms with Gasteiger partial charge in [-0.1, -0.05) is 0 Å². The van der Waals surface area contributed by atoms with E-state index in [2.05, 4.69) is 15.2 Å². The highest BCUT2D eigenvalue weighted by atomic mass is 19.1. The molecule has 0 unspecified atom stereocenters. The van der Waals surface area contributed by atoms with Gasteiger partial charge < -0.3 is 10.1 Å². The summed E-state index contributed by atoms with van der Waals surface area (Å²) in [5, 5.41) is 5.72. The first-order chi connectivity index (χ1) is 4.85. The molecule has 58 valence electrons. The second kappa shape index (κ2) is 6.15. The van der Waals surface area contributed by atoms with E-state index in [-0.39, 0.29) is 6.61 Å². The molecule has 0 aromatic heterocycles. The van der Waals surface area contributed by atoms with Crippen molar-refractivity contribution in [2.75, 3.05) is 20.5 Å². The second-order valence-corrected chi connectivity index (χ2v) is 1.49. The molecule has 0 radical (unpaired) electrons. The Morgan fingerprint density at radius 2 is 2.60 bits per heavy atom. The summed E-state index contributed by atoms with van der Waals surface area (Å²) in [4.78, 5) is 0. The van der Waals surface area contributed by atoms with Crippen LogP contribution in [0.3, 0.4) is 0 Å². The molecule has 0 heterocycles. The SMILES string of the molecule is CN/C=C(/COCF)N=N.